The number of furan rings is 1. The number of thiocarbonyl (C=S) groups is 1. The molecule has 3 rings (SSSR count). The van der Waals surface area contributed by atoms with E-state index in [1.807, 2.05) is 0 Å². The fourth-order valence-electron chi connectivity index (χ4n) is 1.98. The van der Waals surface area contributed by atoms with Gasteiger partial charge in [0.2, 0.25) is 0 Å². The molecule has 1 saturated heterocycles. The Morgan fingerprint density at radius 1 is 1.14 bits per heavy atom. The molecule has 2 N–H and O–H groups in total. The third-order valence-corrected chi connectivity index (χ3v) is 3.24. The summed E-state index contributed by atoms with van der Waals surface area (Å²) in [4.78, 5) is 22.2. The number of carbonyl (C=O) groups excluding carboxylic acids is 2. The molecule has 1 aliphatic heterocycles. The summed E-state index contributed by atoms with van der Waals surface area (Å²) < 4.78 is 5.61. The quantitative estimate of drug-likeness (QED) is 0.638. The van der Waals surface area contributed by atoms with E-state index in [0.717, 1.165) is 0 Å². The number of rotatable bonds is 3. The van der Waals surface area contributed by atoms with Crippen molar-refractivity contribution in [1.82, 2.24) is 10.6 Å². The van der Waals surface area contributed by atoms with Gasteiger partial charge < -0.3 is 19.6 Å². The van der Waals surface area contributed by atoms with Crippen molar-refractivity contribution < 1.29 is 19.1 Å². The van der Waals surface area contributed by atoms with Crippen LogP contribution in [-0.2, 0) is 4.79 Å². The van der Waals surface area contributed by atoms with E-state index in [1.165, 1.54) is 18.2 Å². The smallest absolute Gasteiger partial charge is 0.274 e. The minimum atomic E-state index is -1.23. The average Bonchev–Trinajstić information content (AvgIpc) is 3.06. The highest BCUT2D eigenvalue weighted by Gasteiger charge is 2.20. The van der Waals surface area contributed by atoms with Crippen molar-refractivity contribution in [2.45, 2.75) is 0 Å². The number of aromatic carboxylic acids is 1. The third-order valence-electron chi connectivity index (χ3n) is 3.04. The lowest BCUT2D eigenvalue weighted by Gasteiger charge is -2.02. The lowest BCUT2D eigenvalue weighted by molar-refractivity contribution is -0.255. The second-order valence-corrected chi connectivity index (χ2v) is 4.94. The number of carbonyl (C=O) groups is 2. The Morgan fingerprint density at radius 3 is 2.45 bits per heavy atom. The molecule has 7 heteroatoms. The average molecular weight is 313 g/mol. The first kappa shape index (κ1) is 14.0. The van der Waals surface area contributed by atoms with Crippen molar-refractivity contribution in [2.75, 3.05) is 0 Å². The Bertz CT molecular complexity index is 805. The van der Waals surface area contributed by atoms with Crippen LogP contribution in [0.25, 0.3) is 17.4 Å². The molecule has 0 radical (unpaired) electrons. The number of nitrogens with one attached hydrogen (secondary N) is 2. The zero-order chi connectivity index (χ0) is 15.7. The molecule has 22 heavy (non-hydrogen) atoms. The molecule has 0 atom stereocenters. The monoisotopic (exact) mass is 313 g/mol. The highest BCUT2D eigenvalue weighted by atomic mass is 32.1. The van der Waals surface area contributed by atoms with E-state index in [0.29, 0.717) is 22.8 Å². The molecule has 0 unspecified atom stereocenters. The molecule has 110 valence electrons. The molecular formula is C15H9N2O4S-. The van der Waals surface area contributed by atoms with Gasteiger partial charge in [0.05, 0.1) is 5.97 Å². The normalized spacial score (nSPS) is 15.7. The predicted octanol–water partition coefficient (Wildman–Crippen LogP) is 0.655. The van der Waals surface area contributed by atoms with Crippen LogP contribution >= 0.6 is 12.2 Å². The van der Waals surface area contributed by atoms with E-state index in [9.17, 15) is 14.7 Å². The molecule has 0 saturated carbocycles. The molecule has 2 aromatic rings. The first-order chi connectivity index (χ1) is 10.5. The summed E-state index contributed by atoms with van der Waals surface area (Å²) in [6, 6.07) is 9.55. The van der Waals surface area contributed by atoms with Crippen LogP contribution in [0.4, 0.5) is 0 Å². The Labute approximate surface area is 130 Å². The number of amides is 1. The van der Waals surface area contributed by atoms with Crippen LogP contribution in [0.1, 0.15) is 16.1 Å². The third kappa shape index (κ3) is 2.75. The number of hydrogen-bond acceptors (Lipinski definition) is 5. The lowest BCUT2D eigenvalue weighted by atomic mass is 10.1. The SMILES string of the molecule is O=C1NC(=S)NC1=Cc1ccc(-c2ccc(C(=O)[O-])cc2)o1. The topological polar surface area (TPSA) is 94.4 Å². The Kier molecular flexibility index (Phi) is 3.48. The van der Waals surface area contributed by atoms with Crippen molar-refractivity contribution in [1.29, 1.82) is 0 Å². The van der Waals surface area contributed by atoms with Gasteiger partial charge in [0.1, 0.15) is 17.2 Å². The lowest BCUT2D eigenvalue weighted by Crippen LogP contribution is -2.21. The van der Waals surface area contributed by atoms with Crippen LogP contribution in [0.5, 0.6) is 0 Å². The molecule has 1 aliphatic rings. The summed E-state index contributed by atoms with van der Waals surface area (Å²) in [7, 11) is 0. The minimum absolute atomic E-state index is 0.0954. The van der Waals surface area contributed by atoms with Gasteiger partial charge in [-0.3, -0.25) is 10.1 Å². The summed E-state index contributed by atoms with van der Waals surface area (Å²) >= 11 is 4.84. The van der Waals surface area contributed by atoms with E-state index < -0.39 is 5.97 Å². The Balaban J connectivity index is 1.85. The predicted molar refractivity (Wildman–Crippen MR) is 80.3 cm³/mol. The molecule has 2 heterocycles. The van der Waals surface area contributed by atoms with E-state index >= 15 is 0 Å². The summed E-state index contributed by atoms with van der Waals surface area (Å²) in [6.07, 6.45) is 1.54. The summed E-state index contributed by atoms with van der Waals surface area (Å²) in [5, 5.41) is 16.1. The highest BCUT2D eigenvalue weighted by molar-refractivity contribution is 7.80. The van der Waals surface area contributed by atoms with Crippen molar-refractivity contribution in [3.8, 4) is 11.3 Å². The molecule has 6 nitrogen and oxygen atoms in total. The van der Waals surface area contributed by atoms with Gasteiger partial charge in [-0.15, -0.1) is 0 Å². The summed E-state index contributed by atoms with van der Waals surface area (Å²) in [5.41, 5.74) is 1.12. The number of benzene rings is 1. The van der Waals surface area contributed by atoms with Crippen molar-refractivity contribution in [3.63, 3.8) is 0 Å². The minimum Gasteiger partial charge on any atom is -0.545 e. The van der Waals surface area contributed by atoms with Crippen LogP contribution < -0.4 is 15.7 Å². The number of carboxylic acid groups (broad SMARTS) is 1. The first-order valence-corrected chi connectivity index (χ1v) is 6.69. The van der Waals surface area contributed by atoms with Gasteiger partial charge in [0.25, 0.3) is 5.91 Å². The number of hydrogen-bond donors (Lipinski definition) is 2. The molecular weight excluding hydrogens is 304 g/mol. The van der Waals surface area contributed by atoms with Crippen molar-refractivity contribution in [3.05, 3.63) is 53.4 Å². The van der Waals surface area contributed by atoms with Gasteiger partial charge in [0, 0.05) is 11.6 Å². The maximum atomic E-state index is 11.5. The fraction of sp³-hybridized carbons (Fsp3) is 0. The molecule has 1 aromatic heterocycles. The van der Waals surface area contributed by atoms with E-state index in [4.69, 9.17) is 16.6 Å². The zero-order valence-corrected chi connectivity index (χ0v) is 11.9. The number of carboxylic acids is 1. The largest absolute Gasteiger partial charge is 0.545 e. The van der Waals surface area contributed by atoms with Crippen LogP contribution in [0, 0.1) is 0 Å². The van der Waals surface area contributed by atoms with Gasteiger partial charge in [0.15, 0.2) is 5.11 Å². The van der Waals surface area contributed by atoms with E-state index in [1.54, 1.807) is 24.3 Å². The Hall–Kier alpha value is -2.93. The first-order valence-electron chi connectivity index (χ1n) is 6.28. The van der Waals surface area contributed by atoms with Crippen LogP contribution in [0.2, 0.25) is 0 Å². The van der Waals surface area contributed by atoms with Gasteiger partial charge in [-0.05, 0) is 29.9 Å². The standard InChI is InChI=1S/C15H10N2O4S/c18-13-11(16-15(22)17-13)7-10-5-6-12(21-10)8-1-3-9(4-2-8)14(19)20/h1-7H,(H,19,20)(H2,16,17,18,22)/p-1. The molecule has 1 amide bonds. The molecule has 0 spiro atoms. The van der Waals surface area contributed by atoms with E-state index in [-0.39, 0.29) is 16.6 Å². The van der Waals surface area contributed by atoms with Gasteiger partial charge in [-0.25, -0.2) is 0 Å². The second-order valence-electron chi connectivity index (χ2n) is 4.53. The molecule has 0 bridgehead atoms. The zero-order valence-electron chi connectivity index (χ0n) is 11.1. The molecule has 0 aliphatic carbocycles. The van der Waals surface area contributed by atoms with Crippen molar-refractivity contribution in [2.24, 2.45) is 0 Å². The van der Waals surface area contributed by atoms with Gasteiger partial charge in [-0.1, -0.05) is 24.3 Å². The van der Waals surface area contributed by atoms with Crippen LogP contribution in [-0.4, -0.2) is 17.0 Å². The molecule has 1 aromatic carbocycles. The molecule has 1 fully saturated rings. The highest BCUT2D eigenvalue weighted by Crippen LogP contribution is 2.23. The van der Waals surface area contributed by atoms with Crippen LogP contribution in [0.15, 0.2) is 46.5 Å². The van der Waals surface area contributed by atoms with E-state index in [2.05, 4.69) is 10.6 Å². The summed E-state index contributed by atoms with van der Waals surface area (Å²) in [6.45, 7) is 0. The maximum Gasteiger partial charge on any atom is 0.274 e. The van der Waals surface area contributed by atoms with Crippen molar-refractivity contribution >= 4 is 35.3 Å². The second kappa shape index (κ2) is 5.45. The maximum absolute atomic E-state index is 11.5. The van der Waals surface area contributed by atoms with Crippen LogP contribution in [0.3, 0.4) is 0 Å². The summed E-state index contributed by atoms with van der Waals surface area (Å²) in [5.74, 6) is -0.522. The van der Waals surface area contributed by atoms with Gasteiger partial charge in [-0.2, -0.15) is 0 Å². The fourth-order valence-corrected chi connectivity index (χ4v) is 2.18. The van der Waals surface area contributed by atoms with Gasteiger partial charge >= 0.3 is 0 Å². The Morgan fingerprint density at radius 2 is 1.86 bits per heavy atom.